The summed E-state index contributed by atoms with van der Waals surface area (Å²) in [7, 11) is 0. The molecule has 0 amide bonds. The summed E-state index contributed by atoms with van der Waals surface area (Å²) in [5, 5.41) is 29.2. The number of hydrogen-bond acceptors (Lipinski definition) is 4. The Bertz CT molecular complexity index is 7930. The van der Waals surface area contributed by atoms with Gasteiger partial charge in [-0.05, 0) is 263 Å². The minimum atomic E-state index is 0.880. The van der Waals surface area contributed by atoms with Gasteiger partial charge < -0.3 is 18.6 Å². The molecule has 116 heavy (non-hydrogen) atoms. The maximum absolute atomic E-state index is 6.57. The Hall–Kier alpha value is -15.4. The molecule has 24 aromatic rings. The maximum atomic E-state index is 6.57. The van der Waals surface area contributed by atoms with E-state index in [0.29, 0.717) is 0 Å². The highest BCUT2D eigenvalue weighted by Crippen LogP contribution is 2.47. The summed E-state index contributed by atoms with van der Waals surface area (Å²) in [6.45, 7) is 0. The number of rotatable bonds is 10. The van der Waals surface area contributed by atoms with Crippen molar-refractivity contribution in [3.63, 3.8) is 0 Å². The van der Waals surface area contributed by atoms with E-state index in [0.717, 1.165) is 88.8 Å². The van der Waals surface area contributed by atoms with Gasteiger partial charge in [0.1, 0.15) is 22.3 Å². The molecule has 24 rings (SSSR count). The van der Waals surface area contributed by atoms with Crippen LogP contribution in [0.25, 0.3) is 196 Å². The minimum Gasteiger partial charge on any atom is -0.455 e. The maximum Gasteiger partial charge on any atom is 0.143 e. The summed E-state index contributed by atoms with van der Waals surface area (Å²) in [5.41, 5.74) is 19.7. The zero-order chi connectivity index (χ0) is 76.3. The third kappa shape index (κ3) is 11.2. The first-order valence-corrected chi connectivity index (χ1v) is 39.8. The summed E-state index contributed by atoms with van der Waals surface area (Å²) in [6, 6.07) is 154. The van der Waals surface area contributed by atoms with Crippen LogP contribution in [0.2, 0.25) is 0 Å². The Labute approximate surface area is 669 Å². The topological polar surface area (TPSA) is 32.8 Å². The second-order valence-electron chi connectivity index (χ2n) is 30.5. The van der Waals surface area contributed by atoms with E-state index in [-0.39, 0.29) is 0 Å². The van der Waals surface area contributed by atoms with Crippen LogP contribution in [0, 0.1) is 0 Å². The molecular formula is C112H70N2O2. The van der Waals surface area contributed by atoms with E-state index < -0.39 is 0 Å². The predicted octanol–water partition coefficient (Wildman–Crippen LogP) is 32.3. The van der Waals surface area contributed by atoms with E-state index in [9.17, 15) is 0 Å². The van der Waals surface area contributed by atoms with Gasteiger partial charge in [0.25, 0.3) is 0 Å². The Morgan fingerprint density at radius 1 is 0.138 bits per heavy atom. The zero-order valence-corrected chi connectivity index (χ0v) is 63.1. The van der Waals surface area contributed by atoms with E-state index in [1.165, 1.54) is 141 Å². The summed E-state index contributed by atoms with van der Waals surface area (Å²) in [6.07, 6.45) is 0. The molecule has 0 bridgehead atoms. The molecule has 0 N–H and O–H groups in total. The van der Waals surface area contributed by atoms with Crippen molar-refractivity contribution in [1.82, 2.24) is 0 Å². The largest absolute Gasteiger partial charge is 0.455 e. The van der Waals surface area contributed by atoms with Crippen LogP contribution in [0.4, 0.5) is 34.1 Å². The second-order valence-corrected chi connectivity index (χ2v) is 30.5. The quantitative estimate of drug-likeness (QED) is 0.128. The Balaban J connectivity index is 0.000000137. The minimum absolute atomic E-state index is 0.880. The molecule has 0 aliphatic carbocycles. The lowest BCUT2D eigenvalue weighted by Gasteiger charge is -2.26. The molecule has 4 heteroatoms. The zero-order valence-electron chi connectivity index (χ0n) is 63.1. The van der Waals surface area contributed by atoms with Gasteiger partial charge in [-0.25, -0.2) is 0 Å². The third-order valence-corrected chi connectivity index (χ3v) is 24.0. The molecule has 0 spiro atoms. The van der Waals surface area contributed by atoms with Crippen LogP contribution in [-0.4, -0.2) is 0 Å². The van der Waals surface area contributed by atoms with Gasteiger partial charge in [0.05, 0.1) is 0 Å². The fourth-order valence-corrected chi connectivity index (χ4v) is 18.4. The van der Waals surface area contributed by atoms with Gasteiger partial charge in [0, 0.05) is 66.4 Å². The van der Waals surface area contributed by atoms with Crippen molar-refractivity contribution in [1.29, 1.82) is 0 Å². The van der Waals surface area contributed by atoms with E-state index in [4.69, 9.17) is 8.83 Å². The van der Waals surface area contributed by atoms with Crippen LogP contribution in [0.3, 0.4) is 0 Å². The lowest BCUT2D eigenvalue weighted by Crippen LogP contribution is -2.10. The van der Waals surface area contributed by atoms with E-state index in [1.54, 1.807) is 0 Å². The van der Waals surface area contributed by atoms with Crippen molar-refractivity contribution in [3.8, 4) is 44.5 Å². The molecule has 0 aliphatic heterocycles. The predicted molar refractivity (Wildman–Crippen MR) is 494 cm³/mol. The third-order valence-electron chi connectivity index (χ3n) is 24.0. The lowest BCUT2D eigenvalue weighted by molar-refractivity contribution is 0.672. The second kappa shape index (κ2) is 27.2. The Kier molecular flexibility index (Phi) is 15.6. The van der Waals surface area contributed by atoms with Gasteiger partial charge in [-0.2, -0.15) is 0 Å². The number of hydrogen-bond donors (Lipinski definition) is 0. The van der Waals surface area contributed by atoms with E-state index >= 15 is 0 Å². The van der Waals surface area contributed by atoms with Crippen molar-refractivity contribution >= 4 is 186 Å². The standard InChI is InChI=1S/2C56H35NO/c1-6-16-46-36(11-1)25-31-51-54-35-43(30-32-55(54)58-56(46)51)57(41-26-21-37(22-27-41)52-33-39-12-2-4-14-44(39)47-17-7-9-19-49(47)52)42-28-23-38(24-29-42)53-34-40-13-3-5-15-45(40)48-18-8-10-20-50(48)53;1-4-15-46-37(10-1)20-21-42-32-39(25-29-48(42)46)36-22-26-43(27-23-36)57(45-28-31-55-54(35-45)52-30-24-38-11-2-6-17-49(38)56(52)58-55)44-14-9-13-40(33-44)53-34-41-12-3-5-16-47(41)50-18-7-8-19-51(50)53/h2*1-35H. The molecule has 0 atom stereocenters. The smallest absolute Gasteiger partial charge is 0.143 e. The first-order valence-electron chi connectivity index (χ1n) is 39.8. The number of anilines is 6. The molecule has 4 nitrogen and oxygen atoms in total. The molecule has 540 valence electrons. The van der Waals surface area contributed by atoms with Crippen molar-refractivity contribution in [3.05, 3.63) is 425 Å². The average molecular weight is 1480 g/mol. The van der Waals surface area contributed by atoms with Crippen LogP contribution >= 0.6 is 0 Å². The molecule has 22 aromatic carbocycles. The van der Waals surface area contributed by atoms with Gasteiger partial charge in [-0.3, -0.25) is 0 Å². The number of nitrogens with zero attached hydrogens (tertiary/aromatic N) is 2. The summed E-state index contributed by atoms with van der Waals surface area (Å²) in [5.74, 6) is 0. The van der Waals surface area contributed by atoms with Crippen LogP contribution < -0.4 is 9.80 Å². The molecule has 0 saturated carbocycles. The van der Waals surface area contributed by atoms with E-state index in [1.807, 2.05) is 0 Å². The van der Waals surface area contributed by atoms with Gasteiger partial charge in [0.15, 0.2) is 0 Å². The van der Waals surface area contributed by atoms with E-state index in [2.05, 4.69) is 434 Å². The molecule has 2 heterocycles. The Morgan fingerprint density at radius 3 is 0.879 bits per heavy atom. The first-order chi connectivity index (χ1) is 57.5. The van der Waals surface area contributed by atoms with Crippen molar-refractivity contribution < 1.29 is 8.83 Å². The monoisotopic (exact) mass is 1470 g/mol. The first kappa shape index (κ1) is 66.4. The van der Waals surface area contributed by atoms with Crippen LogP contribution in [0.1, 0.15) is 0 Å². The number of fused-ring (bicyclic) bond motifs is 22. The molecule has 0 fully saturated rings. The fraction of sp³-hybridized carbons (Fsp3) is 0. The molecular weight excluding hydrogens is 1410 g/mol. The molecule has 0 aliphatic rings. The van der Waals surface area contributed by atoms with Crippen molar-refractivity contribution in [2.24, 2.45) is 0 Å². The molecule has 2 aromatic heterocycles. The highest BCUT2D eigenvalue weighted by atomic mass is 16.3. The van der Waals surface area contributed by atoms with Crippen LogP contribution in [0.5, 0.6) is 0 Å². The van der Waals surface area contributed by atoms with Gasteiger partial charge in [-0.1, -0.05) is 303 Å². The summed E-state index contributed by atoms with van der Waals surface area (Å²) < 4.78 is 13.1. The van der Waals surface area contributed by atoms with Crippen LogP contribution in [-0.2, 0) is 0 Å². The highest BCUT2D eigenvalue weighted by Gasteiger charge is 2.23. The highest BCUT2D eigenvalue weighted by molar-refractivity contribution is 6.20. The lowest BCUT2D eigenvalue weighted by atomic mass is 9.93. The summed E-state index contributed by atoms with van der Waals surface area (Å²) >= 11 is 0. The van der Waals surface area contributed by atoms with Gasteiger partial charge in [-0.15, -0.1) is 0 Å². The average Bonchev–Trinajstić information content (AvgIpc) is 1.63. The number of furan rings is 2. The molecule has 0 unspecified atom stereocenters. The molecule has 0 radical (unpaired) electrons. The normalized spacial score (nSPS) is 11.8. The van der Waals surface area contributed by atoms with Gasteiger partial charge >= 0.3 is 0 Å². The van der Waals surface area contributed by atoms with Gasteiger partial charge in [0.2, 0.25) is 0 Å². The van der Waals surface area contributed by atoms with Crippen molar-refractivity contribution in [2.45, 2.75) is 0 Å². The number of benzene rings is 22. The fourth-order valence-electron chi connectivity index (χ4n) is 18.4. The van der Waals surface area contributed by atoms with Crippen molar-refractivity contribution in [2.75, 3.05) is 9.80 Å². The Morgan fingerprint density at radius 2 is 0.431 bits per heavy atom. The van der Waals surface area contributed by atoms with Crippen LogP contribution in [0.15, 0.2) is 433 Å². The molecule has 0 saturated heterocycles. The SMILES string of the molecule is c1cc(-c2cc3ccccc3c3ccccc23)cc(N(c2ccc(-c3ccc4c(ccc5ccccc54)c3)cc2)c2ccc3oc4c5ccccc5ccc4c3c2)c1.c1ccc2c(c1)cc(-c1ccc(N(c3ccc(-c4cc5ccccc5c5ccccc45)cc3)c3ccc4oc5c6ccccc6ccc5c4c3)cc1)c1ccccc12. The summed E-state index contributed by atoms with van der Waals surface area (Å²) in [4.78, 5) is 4.74.